The molecule has 0 spiro atoms. The van der Waals surface area contributed by atoms with Crippen LogP contribution in [0.1, 0.15) is 30.0 Å². The molecule has 0 aliphatic rings. The number of aromatic nitrogens is 2. The first kappa shape index (κ1) is 14.0. The summed E-state index contributed by atoms with van der Waals surface area (Å²) in [5, 5.41) is 6.70. The van der Waals surface area contributed by atoms with Crippen LogP contribution in [0.2, 0.25) is 0 Å². The Kier molecular flexibility index (Phi) is 5.30. The second-order valence-electron chi connectivity index (χ2n) is 4.25. The van der Waals surface area contributed by atoms with Crippen molar-refractivity contribution in [2.75, 3.05) is 13.7 Å². The van der Waals surface area contributed by atoms with Gasteiger partial charge in [-0.3, -0.25) is 4.98 Å². The molecule has 2 aromatic heterocycles. The van der Waals surface area contributed by atoms with Crippen LogP contribution in [-0.4, -0.2) is 23.6 Å². The molecule has 0 saturated carbocycles. The molecule has 0 bridgehead atoms. The summed E-state index contributed by atoms with van der Waals surface area (Å²) in [6, 6.07) is 2.23. The van der Waals surface area contributed by atoms with Crippen molar-refractivity contribution in [3.05, 3.63) is 40.6 Å². The summed E-state index contributed by atoms with van der Waals surface area (Å²) in [6.45, 7) is 3.14. The van der Waals surface area contributed by atoms with Gasteiger partial charge < -0.3 is 10.1 Å². The first-order valence-corrected chi connectivity index (χ1v) is 7.32. The molecule has 1 atom stereocenters. The quantitative estimate of drug-likeness (QED) is 0.845. The average Bonchev–Trinajstić information content (AvgIpc) is 2.96. The molecule has 5 heteroatoms. The maximum atomic E-state index is 5.41. The Morgan fingerprint density at radius 2 is 2.32 bits per heavy atom. The molecule has 4 nitrogen and oxygen atoms in total. The SMILES string of the molecule is CCCNC(Cc1nccs1)c1ccncc1OC. The number of hydrogen-bond acceptors (Lipinski definition) is 5. The molecule has 2 heterocycles. The highest BCUT2D eigenvalue weighted by Gasteiger charge is 2.17. The zero-order chi connectivity index (χ0) is 13.5. The Bertz CT molecular complexity index is 487. The molecule has 19 heavy (non-hydrogen) atoms. The largest absolute Gasteiger partial charge is 0.495 e. The number of thiazole rings is 1. The minimum absolute atomic E-state index is 0.212. The van der Waals surface area contributed by atoms with Crippen LogP contribution in [-0.2, 0) is 6.42 Å². The van der Waals surface area contributed by atoms with Gasteiger partial charge in [-0.25, -0.2) is 4.98 Å². The third-order valence-electron chi connectivity index (χ3n) is 2.91. The van der Waals surface area contributed by atoms with Crippen molar-refractivity contribution in [1.82, 2.24) is 15.3 Å². The van der Waals surface area contributed by atoms with Crippen LogP contribution in [0, 0.1) is 0 Å². The molecule has 2 rings (SSSR count). The lowest BCUT2D eigenvalue weighted by Crippen LogP contribution is -2.24. The van der Waals surface area contributed by atoms with Crippen molar-refractivity contribution in [2.24, 2.45) is 0 Å². The van der Waals surface area contributed by atoms with Crippen molar-refractivity contribution >= 4 is 11.3 Å². The van der Waals surface area contributed by atoms with E-state index in [9.17, 15) is 0 Å². The zero-order valence-corrected chi connectivity index (χ0v) is 12.1. The maximum absolute atomic E-state index is 5.41. The zero-order valence-electron chi connectivity index (χ0n) is 11.3. The van der Waals surface area contributed by atoms with Crippen molar-refractivity contribution in [3.63, 3.8) is 0 Å². The molecule has 0 aliphatic heterocycles. The van der Waals surface area contributed by atoms with Gasteiger partial charge in [-0.1, -0.05) is 6.92 Å². The highest BCUT2D eigenvalue weighted by Crippen LogP contribution is 2.27. The van der Waals surface area contributed by atoms with Gasteiger partial charge in [0.25, 0.3) is 0 Å². The van der Waals surface area contributed by atoms with Gasteiger partial charge >= 0.3 is 0 Å². The number of methoxy groups -OCH3 is 1. The highest BCUT2D eigenvalue weighted by molar-refractivity contribution is 7.09. The van der Waals surface area contributed by atoms with E-state index < -0.39 is 0 Å². The minimum Gasteiger partial charge on any atom is -0.495 e. The monoisotopic (exact) mass is 277 g/mol. The Morgan fingerprint density at radius 3 is 3.00 bits per heavy atom. The second-order valence-corrected chi connectivity index (χ2v) is 5.23. The van der Waals surface area contributed by atoms with Crippen LogP contribution in [0.5, 0.6) is 5.75 Å². The summed E-state index contributed by atoms with van der Waals surface area (Å²) >= 11 is 1.69. The summed E-state index contributed by atoms with van der Waals surface area (Å²) in [5.41, 5.74) is 1.14. The van der Waals surface area contributed by atoms with E-state index in [1.54, 1.807) is 30.8 Å². The van der Waals surface area contributed by atoms with Crippen LogP contribution in [0.3, 0.4) is 0 Å². The minimum atomic E-state index is 0.212. The topological polar surface area (TPSA) is 47.0 Å². The molecule has 102 valence electrons. The number of ether oxygens (including phenoxy) is 1. The van der Waals surface area contributed by atoms with Crippen LogP contribution in [0.15, 0.2) is 30.0 Å². The van der Waals surface area contributed by atoms with E-state index in [-0.39, 0.29) is 6.04 Å². The van der Waals surface area contributed by atoms with Gasteiger partial charge in [-0.2, -0.15) is 0 Å². The summed E-state index contributed by atoms with van der Waals surface area (Å²) in [7, 11) is 1.68. The first-order chi connectivity index (χ1) is 9.35. The lowest BCUT2D eigenvalue weighted by Gasteiger charge is -2.20. The fraction of sp³-hybridized carbons (Fsp3) is 0.429. The van der Waals surface area contributed by atoms with E-state index in [2.05, 4.69) is 22.2 Å². The molecule has 0 aliphatic carbocycles. The lowest BCUT2D eigenvalue weighted by atomic mass is 10.0. The summed E-state index contributed by atoms with van der Waals surface area (Å²) in [5.74, 6) is 0.827. The normalized spacial score (nSPS) is 12.3. The number of rotatable bonds is 7. The molecule has 0 fully saturated rings. The average molecular weight is 277 g/mol. The Morgan fingerprint density at radius 1 is 1.42 bits per heavy atom. The molecular weight excluding hydrogens is 258 g/mol. The van der Waals surface area contributed by atoms with E-state index >= 15 is 0 Å². The van der Waals surface area contributed by atoms with Crippen LogP contribution < -0.4 is 10.1 Å². The molecule has 2 aromatic rings. The van der Waals surface area contributed by atoms with Crippen molar-refractivity contribution in [1.29, 1.82) is 0 Å². The van der Waals surface area contributed by atoms with E-state index in [1.165, 1.54) is 0 Å². The smallest absolute Gasteiger partial charge is 0.141 e. The molecule has 0 aromatic carbocycles. The van der Waals surface area contributed by atoms with Gasteiger partial charge in [-0.05, 0) is 19.0 Å². The number of pyridine rings is 1. The highest BCUT2D eigenvalue weighted by atomic mass is 32.1. The van der Waals surface area contributed by atoms with Crippen LogP contribution in [0.25, 0.3) is 0 Å². The Balaban J connectivity index is 2.20. The third-order valence-corrected chi connectivity index (χ3v) is 3.72. The lowest BCUT2D eigenvalue weighted by molar-refractivity contribution is 0.396. The van der Waals surface area contributed by atoms with E-state index in [4.69, 9.17) is 4.74 Å². The Hall–Kier alpha value is -1.46. The molecule has 0 radical (unpaired) electrons. The fourth-order valence-corrected chi connectivity index (χ4v) is 2.65. The van der Waals surface area contributed by atoms with Crippen LogP contribution in [0.4, 0.5) is 0 Å². The third kappa shape index (κ3) is 3.75. The van der Waals surface area contributed by atoms with Crippen molar-refractivity contribution < 1.29 is 4.74 Å². The Labute approximate surface area is 117 Å². The maximum Gasteiger partial charge on any atom is 0.141 e. The van der Waals surface area contributed by atoms with Gasteiger partial charge in [0, 0.05) is 35.8 Å². The van der Waals surface area contributed by atoms with Gasteiger partial charge in [0.1, 0.15) is 5.75 Å². The molecular formula is C14H19N3OS. The summed E-state index contributed by atoms with van der Waals surface area (Å²) in [6.07, 6.45) is 7.39. The van der Waals surface area contributed by atoms with Gasteiger partial charge in [0.2, 0.25) is 0 Å². The van der Waals surface area contributed by atoms with Crippen molar-refractivity contribution in [2.45, 2.75) is 25.8 Å². The first-order valence-electron chi connectivity index (χ1n) is 6.44. The predicted octanol–water partition coefficient (Wildman–Crippen LogP) is 2.83. The number of nitrogens with zero attached hydrogens (tertiary/aromatic N) is 2. The fourth-order valence-electron chi connectivity index (χ4n) is 1.99. The molecule has 0 amide bonds. The van der Waals surface area contributed by atoms with Gasteiger partial charge in [0.05, 0.1) is 18.3 Å². The van der Waals surface area contributed by atoms with Crippen molar-refractivity contribution in [3.8, 4) is 5.75 Å². The van der Waals surface area contributed by atoms with Gasteiger partial charge in [-0.15, -0.1) is 11.3 Å². The summed E-state index contributed by atoms with van der Waals surface area (Å²) in [4.78, 5) is 8.48. The predicted molar refractivity (Wildman–Crippen MR) is 77.6 cm³/mol. The van der Waals surface area contributed by atoms with Gasteiger partial charge in [0.15, 0.2) is 0 Å². The summed E-state index contributed by atoms with van der Waals surface area (Å²) < 4.78 is 5.41. The molecule has 1 unspecified atom stereocenters. The van der Waals surface area contributed by atoms with Crippen LogP contribution >= 0.6 is 11.3 Å². The second kappa shape index (κ2) is 7.21. The standard InChI is InChI=1S/C14H19N3OS/c1-3-5-16-12(9-14-17-7-8-19-14)11-4-6-15-10-13(11)18-2/h4,6-8,10,12,16H,3,5,9H2,1-2H3. The number of hydrogen-bond donors (Lipinski definition) is 1. The van der Waals surface area contributed by atoms with E-state index in [0.29, 0.717) is 0 Å². The van der Waals surface area contributed by atoms with E-state index in [0.717, 1.165) is 35.7 Å². The molecule has 1 N–H and O–H groups in total. The van der Waals surface area contributed by atoms with E-state index in [1.807, 2.05) is 17.6 Å². The number of nitrogens with one attached hydrogen (secondary N) is 1. The molecule has 0 saturated heterocycles.